The van der Waals surface area contributed by atoms with Gasteiger partial charge in [-0.05, 0) is 28.1 Å². The molecular formula is C9H8Br2ClFO2S. The fourth-order valence-corrected chi connectivity index (χ4v) is 4.12. The summed E-state index contributed by atoms with van der Waals surface area (Å²) >= 11 is 12.0. The molecule has 7 heteroatoms. The van der Waals surface area contributed by atoms with Crippen molar-refractivity contribution in [2.45, 2.75) is 4.83 Å². The van der Waals surface area contributed by atoms with Crippen LogP contribution in [0, 0.1) is 5.82 Å². The molecule has 1 aromatic carbocycles. The zero-order valence-electron chi connectivity index (χ0n) is 8.18. The summed E-state index contributed by atoms with van der Waals surface area (Å²) in [7, 11) is -3.18. The number of benzene rings is 1. The molecule has 1 atom stereocenters. The highest BCUT2D eigenvalue weighted by Crippen LogP contribution is 2.32. The fraction of sp³-hybridized carbons (Fsp3) is 0.333. The van der Waals surface area contributed by atoms with E-state index in [0.29, 0.717) is 9.50 Å². The van der Waals surface area contributed by atoms with Gasteiger partial charge in [0.05, 0.1) is 15.6 Å². The molecule has 0 saturated carbocycles. The van der Waals surface area contributed by atoms with Crippen molar-refractivity contribution in [1.29, 1.82) is 0 Å². The Morgan fingerprint density at radius 3 is 2.56 bits per heavy atom. The topological polar surface area (TPSA) is 34.1 Å². The molecule has 1 aromatic rings. The van der Waals surface area contributed by atoms with Crippen LogP contribution in [0.1, 0.15) is 10.4 Å². The van der Waals surface area contributed by atoms with Crippen molar-refractivity contribution in [3.63, 3.8) is 0 Å². The largest absolute Gasteiger partial charge is 0.229 e. The molecule has 0 radical (unpaired) electrons. The molecule has 1 unspecified atom stereocenters. The minimum absolute atomic E-state index is 0.179. The molecule has 0 aromatic heterocycles. The predicted molar refractivity (Wildman–Crippen MR) is 70.5 cm³/mol. The average Bonchev–Trinajstić information content (AvgIpc) is 2.08. The number of hydrogen-bond donors (Lipinski definition) is 0. The van der Waals surface area contributed by atoms with E-state index in [-0.39, 0.29) is 11.3 Å². The number of alkyl halides is 1. The zero-order chi connectivity index (χ0) is 12.5. The van der Waals surface area contributed by atoms with Gasteiger partial charge in [0.25, 0.3) is 0 Å². The van der Waals surface area contributed by atoms with Crippen LogP contribution in [0.2, 0.25) is 5.02 Å². The third-order valence-corrected chi connectivity index (χ3v) is 5.21. The first kappa shape index (κ1) is 14.4. The lowest BCUT2D eigenvalue weighted by Gasteiger charge is -2.11. The van der Waals surface area contributed by atoms with E-state index in [1.54, 1.807) is 0 Å². The van der Waals surface area contributed by atoms with E-state index in [1.165, 1.54) is 12.1 Å². The van der Waals surface area contributed by atoms with Crippen LogP contribution in [-0.2, 0) is 9.84 Å². The smallest absolute Gasteiger partial charge is 0.148 e. The van der Waals surface area contributed by atoms with E-state index in [9.17, 15) is 12.8 Å². The summed E-state index contributed by atoms with van der Waals surface area (Å²) in [5.41, 5.74) is 0.235. The minimum Gasteiger partial charge on any atom is -0.229 e. The summed E-state index contributed by atoms with van der Waals surface area (Å²) in [5.74, 6) is -0.677. The maximum atomic E-state index is 13.5. The molecule has 0 aliphatic rings. The predicted octanol–water partition coefficient (Wildman–Crippen LogP) is 3.72. The van der Waals surface area contributed by atoms with Gasteiger partial charge in [0.15, 0.2) is 0 Å². The van der Waals surface area contributed by atoms with Gasteiger partial charge < -0.3 is 0 Å². The first-order chi connectivity index (χ1) is 7.20. The van der Waals surface area contributed by atoms with Gasteiger partial charge >= 0.3 is 0 Å². The summed E-state index contributed by atoms with van der Waals surface area (Å²) in [6.07, 6.45) is 1.10. The van der Waals surface area contributed by atoms with Gasteiger partial charge in [-0.25, -0.2) is 12.8 Å². The van der Waals surface area contributed by atoms with E-state index in [2.05, 4.69) is 31.9 Å². The molecule has 90 valence electrons. The Morgan fingerprint density at radius 1 is 1.50 bits per heavy atom. The summed E-state index contributed by atoms with van der Waals surface area (Å²) in [5, 5.41) is 0.342. The maximum absolute atomic E-state index is 13.5. The van der Waals surface area contributed by atoms with Crippen molar-refractivity contribution in [2.75, 3.05) is 12.0 Å². The Labute approximate surface area is 115 Å². The first-order valence-electron chi connectivity index (χ1n) is 4.17. The summed E-state index contributed by atoms with van der Waals surface area (Å²) in [6, 6.07) is 2.62. The molecule has 0 heterocycles. The second-order valence-electron chi connectivity index (χ2n) is 3.35. The third kappa shape index (κ3) is 3.98. The standard InChI is InChI=1S/C9H8Br2ClFO2S/c1-16(14,15)4-7(11)5-2-8(12)6(10)3-9(5)13/h2-3,7H,4H2,1H3. The zero-order valence-corrected chi connectivity index (χ0v) is 12.9. The van der Waals surface area contributed by atoms with E-state index in [4.69, 9.17) is 11.6 Å². The average molecular weight is 394 g/mol. The fourth-order valence-electron chi connectivity index (χ4n) is 1.13. The summed E-state index contributed by atoms with van der Waals surface area (Å²) in [6.45, 7) is 0. The highest BCUT2D eigenvalue weighted by atomic mass is 79.9. The Hall–Kier alpha value is 0.350. The van der Waals surface area contributed by atoms with E-state index in [0.717, 1.165) is 6.26 Å². The molecule has 0 bridgehead atoms. The lowest BCUT2D eigenvalue weighted by molar-refractivity contribution is 0.595. The number of hydrogen-bond acceptors (Lipinski definition) is 2. The van der Waals surface area contributed by atoms with Gasteiger partial charge in [0.1, 0.15) is 15.7 Å². The van der Waals surface area contributed by atoms with E-state index < -0.39 is 20.5 Å². The van der Waals surface area contributed by atoms with Gasteiger partial charge in [-0.1, -0.05) is 27.5 Å². The van der Waals surface area contributed by atoms with Crippen LogP contribution < -0.4 is 0 Å². The minimum atomic E-state index is -3.18. The van der Waals surface area contributed by atoms with Crippen LogP contribution in [0.25, 0.3) is 0 Å². The van der Waals surface area contributed by atoms with Crippen LogP contribution in [-0.4, -0.2) is 20.4 Å². The van der Waals surface area contributed by atoms with Crippen LogP contribution >= 0.6 is 43.5 Å². The number of halogens is 4. The summed E-state index contributed by atoms with van der Waals surface area (Å²) < 4.78 is 36.1. The van der Waals surface area contributed by atoms with Crippen molar-refractivity contribution < 1.29 is 12.8 Å². The van der Waals surface area contributed by atoms with E-state index in [1.807, 2.05) is 0 Å². The highest BCUT2D eigenvalue weighted by molar-refractivity contribution is 9.10. The molecule has 0 aliphatic heterocycles. The van der Waals surface area contributed by atoms with Gasteiger partial charge in [-0.3, -0.25) is 0 Å². The Kier molecular flexibility index (Phi) is 4.80. The van der Waals surface area contributed by atoms with Crippen LogP contribution in [0.4, 0.5) is 4.39 Å². The normalized spacial score (nSPS) is 13.8. The van der Waals surface area contributed by atoms with Crippen molar-refractivity contribution in [3.8, 4) is 0 Å². The van der Waals surface area contributed by atoms with Gasteiger partial charge in [-0.15, -0.1) is 0 Å². The van der Waals surface area contributed by atoms with Crippen molar-refractivity contribution in [3.05, 3.63) is 33.0 Å². The second kappa shape index (κ2) is 5.33. The molecule has 0 N–H and O–H groups in total. The quantitative estimate of drug-likeness (QED) is 0.578. The van der Waals surface area contributed by atoms with Crippen molar-refractivity contribution >= 4 is 53.3 Å². The first-order valence-corrected chi connectivity index (χ1v) is 8.31. The monoisotopic (exact) mass is 392 g/mol. The van der Waals surface area contributed by atoms with Crippen LogP contribution in [0.15, 0.2) is 16.6 Å². The van der Waals surface area contributed by atoms with Crippen molar-refractivity contribution in [1.82, 2.24) is 0 Å². The molecule has 0 fully saturated rings. The van der Waals surface area contributed by atoms with Crippen LogP contribution in [0.5, 0.6) is 0 Å². The van der Waals surface area contributed by atoms with Crippen molar-refractivity contribution in [2.24, 2.45) is 0 Å². The van der Waals surface area contributed by atoms with Gasteiger partial charge in [-0.2, -0.15) is 0 Å². The van der Waals surface area contributed by atoms with E-state index >= 15 is 0 Å². The van der Waals surface area contributed by atoms with Gasteiger partial charge in [0.2, 0.25) is 0 Å². The molecule has 2 nitrogen and oxygen atoms in total. The van der Waals surface area contributed by atoms with Gasteiger partial charge in [0, 0.05) is 16.3 Å². The molecule has 0 spiro atoms. The summed E-state index contributed by atoms with van der Waals surface area (Å²) in [4.78, 5) is -0.604. The molecule has 0 amide bonds. The molecule has 0 saturated heterocycles. The lowest BCUT2D eigenvalue weighted by Crippen LogP contribution is -2.09. The Morgan fingerprint density at radius 2 is 2.06 bits per heavy atom. The lowest BCUT2D eigenvalue weighted by atomic mass is 10.1. The molecular weight excluding hydrogens is 386 g/mol. The number of sulfone groups is 1. The Balaban J connectivity index is 3.09. The SMILES string of the molecule is CS(=O)(=O)CC(Br)c1cc(Cl)c(Br)cc1F. The third-order valence-electron chi connectivity index (χ3n) is 1.83. The molecule has 16 heavy (non-hydrogen) atoms. The maximum Gasteiger partial charge on any atom is 0.148 e. The molecule has 0 aliphatic carbocycles. The second-order valence-corrected chi connectivity index (χ2v) is 7.90. The Bertz CT molecular complexity index is 504. The van der Waals surface area contributed by atoms with Crippen LogP contribution in [0.3, 0.4) is 0 Å². The number of rotatable bonds is 3. The highest BCUT2D eigenvalue weighted by Gasteiger charge is 2.19. The molecule has 1 rings (SSSR count).